The van der Waals surface area contributed by atoms with Crippen LogP contribution in [0, 0.1) is 5.92 Å². The van der Waals surface area contributed by atoms with E-state index in [0.717, 1.165) is 35.8 Å². The predicted molar refractivity (Wildman–Crippen MR) is 120 cm³/mol. The van der Waals surface area contributed by atoms with Crippen LogP contribution >= 0.6 is 0 Å². The number of amides is 2. The SMILES string of the molecule is CC(C)C(=O)NC(=O)n1c(O)c(C(=O)c2ccco2)c2cc(C3CCCCCC3)ccc21. The van der Waals surface area contributed by atoms with Crippen molar-refractivity contribution in [2.45, 2.75) is 58.3 Å². The molecule has 0 aliphatic heterocycles. The summed E-state index contributed by atoms with van der Waals surface area (Å²) in [5.41, 5.74) is 1.45. The average Bonchev–Trinajstić information content (AvgIpc) is 3.30. The first-order chi connectivity index (χ1) is 15.4. The van der Waals surface area contributed by atoms with Crippen molar-refractivity contribution in [3.8, 4) is 5.88 Å². The first kappa shape index (κ1) is 21.9. The molecule has 0 unspecified atom stereocenters. The molecule has 4 rings (SSSR count). The van der Waals surface area contributed by atoms with E-state index >= 15 is 0 Å². The van der Waals surface area contributed by atoms with E-state index in [2.05, 4.69) is 5.32 Å². The van der Waals surface area contributed by atoms with Crippen molar-refractivity contribution >= 4 is 28.6 Å². The van der Waals surface area contributed by atoms with Crippen LogP contribution in [0.3, 0.4) is 0 Å². The van der Waals surface area contributed by atoms with Crippen molar-refractivity contribution in [1.82, 2.24) is 9.88 Å². The van der Waals surface area contributed by atoms with Gasteiger partial charge in [-0.1, -0.05) is 45.6 Å². The molecule has 2 amide bonds. The third-order valence-electron chi connectivity index (χ3n) is 6.22. The quantitative estimate of drug-likeness (QED) is 0.424. The predicted octanol–water partition coefficient (Wildman–Crippen LogP) is 5.35. The van der Waals surface area contributed by atoms with Crippen molar-refractivity contribution in [2.75, 3.05) is 0 Å². The van der Waals surface area contributed by atoms with E-state index in [9.17, 15) is 19.5 Å². The van der Waals surface area contributed by atoms with Crippen LogP contribution in [0.1, 0.15) is 80.0 Å². The standard InChI is InChI=1S/C25H28N2O5/c1-15(2)23(29)26-25(31)27-19-12-11-17(16-8-5-3-4-6-9-16)14-18(19)21(24(27)30)22(28)20-10-7-13-32-20/h7,10-16,30H,3-6,8-9H2,1-2H3,(H,26,29,31). The maximum absolute atomic E-state index is 13.2. The summed E-state index contributed by atoms with van der Waals surface area (Å²) in [6.07, 6.45) is 8.30. The molecule has 32 heavy (non-hydrogen) atoms. The highest BCUT2D eigenvalue weighted by Crippen LogP contribution is 2.38. The van der Waals surface area contributed by atoms with Gasteiger partial charge in [0, 0.05) is 11.3 Å². The Kier molecular flexibility index (Phi) is 6.17. The number of carbonyl (C=O) groups is 3. The third-order valence-corrected chi connectivity index (χ3v) is 6.22. The van der Waals surface area contributed by atoms with E-state index in [1.165, 1.54) is 25.2 Å². The van der Waals surface area contributed by atoms with Gasteiger partial charge in [0.05, 0.1) is 17.3 Å². The number of carbonyl (C=O) groups excluding carboxylic acids is 3. The Hall–Kier alpha value is -3.35. The number of aromatic hydroxyl groups is 1. The fourth-order valence-corrected chi connectivity index (χ4v) is 4.43. The maximum Gasteiger partial charge on any atom is 0.335 e. The number of benzene rings is 1. The Bertz CT molecular complexity index is 1150. The lowest BCUT2D eigenvalue weighted by molar-refractivity contribution is -0.122. The van der Waals surface area contributed by atoms with Crippen LogP contribution in [0.2, 0.25) is 0 Å². The molecule has 2 N–H and O–H groups in total. The number of imide groups is 1. The molecule has 1 aliphatic carbocycles. The summed E-state index contributed by atoms with van der Waals surface area (Å²) in [7, 11) is 0. The Morgan fingerprint density at radius 2 is 1.81 bits per heavy atom. The fraction of sp³-hybridized carbons (Fsp3) is 0.400. The maximum atomic E-state index is 13.2. The molecule has 1 saturated carbocycles. The molecule has 0 atom stereocenters. The van der Waals surface area contributed by atoms with Gasteiger partial charge in [-0.15, -0.1) is 0 Å². The first-order valence-corrected chi connectivity index (χ1v) is 11.2. The minimum atomic E-state index is -0.799. The number of furan rings is 1. The summed E-state index contributed by atoms with van der Waals surface area (Å²) in [6.45, 7) is 3.34. The second-order valence-electron chi connectivity index (χ2n) is 8.75. The van der Waals surface area contributed by atoms with E-state index in [1.54, 1.807) is 26.0 Å². The number of fused-ring (bicyclic) bond motifs is 1. The molecule has 7 heteroatoms. The molecule has 1 aromatic carbocycles. The number of nitrogens with one attached hydrogen (secondary N) is 1. The Labute approximate surface area is 186 Å². The van der Waals surface area contributed by atoms with Crippen LogP contribution < -0.4 is 5.32 Å². The summed E-state index contributed by atoms with van der Waals surface area (Å²) in [4.78, 5) is 38.2. The molecule has 2 aromatic heterocycles. The molecule has 0 saturated heterocycles. The summed E-state index contributed by atoms with van der Waals surface area (Å²) in [5.74, 6) is -1.46. The number of rotatable bonds is 4. The zero-order chi connectivity index (χ0) is 22.8. The molecule has 2 heterocycles. The topological polar surface area (TPSA) is 102 Å². The minimum Gasteiger partial charge on any atom is -0.494 e. The van der Waals surface area contributed by atoms with E-state index < -0.39 is 29.5 Å². The van der Waals surface area contributed by atoms with Gasteiger partial charge in [-0.2, -0.15) is 0 Å². The van der Waals surface area contributed by atoms with Gasteiger partial charge >= 0.3 is 6.03 Å². The lowest BCUT2D eigenvalue weighted by Crippen LogP contribution is -2.36. The zero-order valence-electron chi connectivity index (χ0n) is 18.4. The zero-order valence-corrected chi connectivity index (χ0v) is 18.4. The Balaban J connectivity index is 1.85. The van der Waals surface area contributed by atoms with Crippen LogP contribution in [0.25, 0.3) is 10.9 Å². The number of hydrogen-bond donors (Lipinski definition) is 2. The number of ketones is 1. The van der Waals surface area contributed by atoms with Gasteiger partial charge in [0.1, 0.15) is 0 Å². The molecule has 0 radical (unpaired) electrons. The van der Waals surface area contributed by atoms with Crippen LogP contribution in [0.4, 0.5) is 4.79 Å². The highest BCUT2D eigenvalue weighted by Gasteiger charge is 2.29. The van der Waals surface area contributed by atoms with Gasteiger partial charge in [0.15, 0.2) is 5.76 Å². The molecule has 0 spiro atoms. The number of aromatic nitrogens is 1. The smallest absolute Gasteiger partial charge is 0.335 e. The normalized spacial score (nSPS) is 15.1. The molecule has 0 bridgehead atoms. The van der Waals surface area contributed by atoms with E-state index in [1.807, 2.05) is 12.1 Å². The molecular formula is C25H28N2O5. The third kappa shape index (κ3) is 4.07. The lowest BCUT2D eigenvalue weighted by Gasteiger charge is -2.15. The van der Waals surface area contributed by atoms with Crippen molar-refractivity contribution < 1.29 is 23.9 Å². The summed E-state index contributed by atoms with van der Waals surface area (Å²) in [5, 5.41) is 13.7. The molecule has 1 fully saturated rings. The number of hydrogen-bond acceptors (Lipinski definition) is 5. The van der Waals surface area contributed by atoms with Crippen molar-refractivity contribution in [1.29, 1.82) is 0 Å². The largest absolute Gasteiger partial charge is 0.494 e. The summed E-state index contributed by atoms with van der Waals surface area (Å²) >= 11 is 0. The lowest BCUT2D eigenvalue weighted by atomic mass is 9.90. The van der Waals surface area contributed by atoms with Crippen molar-refractivity contribution in [2.24, 2.45) is 5.92 Å². The van der Waals surface area contributed by atoms with Gasteiger partial charge in [-0.25, -0.2) is 9.36 Å². The van der Waals surface area contributed by atoms with Gasteiger partial charge in [0.2, 0.25) is 17.6 Å². The van der Waals surface area contributed by atoms with Gasteiger partial charge < -0.3 is 9.52 Å². The van der Waals surface area contributed by atoms with Gasteiger partial charge in [-0.3, -0.25) is 14.9 Å². The van der Waals surface area contributed by atoms with Gasteiger partial charge in [-0.05, 0) is 48.6 Å². The monoisotopic (exact) mass is 436 g/mol. The van der Waals surface area contributed by atoms with E-state index in [0.29, 0.717) is 16.8 Å². The highest BCUT2D eigenvalue weighted by atomic mass is 16.3. The second kappa shape index (κ2) is 9.02. The highest BCUT2D eigenvalue weighted by molar-refractivity contribution is 6.19. The summed E-state index contributed by atoms with van der Waals surface area (Å²) < 4.78 is 6.25. The van der Waals surface area contributed by atoms with Crippen LogP contribution in [-0.2, 0) is 4.79 Å². The average molecular weight is 437 g/mol. The molecule has 1 aliphatic rings. The van der Waals surface area contributed by atoms with Crippen molar-refractivity contribution in [3.05, 3.63) is 53.5 Å². The van der Waals surface area contributed by atoms with Gasteiger partial charge in [0.25, 0.3) is 0 Å². The van der Waals surface area contributed by atoms with Crippen LogP contribution in [0.15, 0.2) is 41.0 Å². The van der Waals surface area contributed by atoms with Crippen LogP contribution in [-0.4, -0.2) is 27.4 Å². The fourth-order valence-electron chi connectivity index (χ4n) is 4.43. The second-order valence-corrected chi connectivity index (χ2v) is 8.75. The first-order valence-electron chi connectivity index (χ1n) is 11.2. The Morgan fingerprint density at radius 3 is 2.44 bits per heavy atom. The number of nitrogens with zero attached hydrogens (tertiary/aromatic N) is 1. The van der Waals surface area contributed by atoms with E-state index in [-0.39, 0.29) is 11.3 Å². The molecule has 7 nitrogen and oxygen atoms in total. The Morgan fingerprint density at radius 1 is 1.09 bits per heavy atom. The summed E-state index contributed by atoms with van der Waals surface area (Å²) in [6, 6.07) is 7.90. The molecule has 168 valence electrons. The molecule has 3 aromatic rings. The van der Waals surface area contributed by atoms with E-state index in [4.69, 9.17) is 4.42 Å². The van der Waals surface area contributed by atoms with Crippen LogP contribution in [0.5, 0.6) is 5.88 Å². The minimum absolute atomic E-state index is 0.00225. The molecular weight excluding hydrogens is 408 g/mol. The van der Waals surface area contributed by atoms with Crippen molar-refractivity contribution in [3.63, 3.8) is 0 Å².